The van der Waals surface area contributed by atoms with E-state index < -0.39 is 0 Å². The van der Waals surface area contributed by atoms with Crippen molar-refractivity contribution in [2.24, 2.45) is 29.6 Å². The summed E-state index contributed by atoms with van der Waals surface area (Å²) < 4.78 is 5.56. The molecule has 0 aromatic carbocycles. The predicted molar refractivity (Wildman–Crippen MR) is 73.0 cm³/mol. The van der Waals surface area contributed by atoms with E-state index in [0.29, 0.717) is 23.5 Å². The molecule has 102 valence electrons. The van der Waals surface area contributed by atoms with Crippen molar-refractivity contribution in [3.8, 4) is 0 Å². The third kappa shape index (κ3) is 1.72. The fourth-order valence-electron chi connectivity index (χ4n) is 5.41. The second kappa shape index (κ2) is 3.97. The minimum atomic E-state index is 0.295. The first-order valence-corrected chi connectivity index (χ1v) is 7.73. The SMILES string of the molecule is Cc1cc(C(=O)C2C3CC4CC(C3)CC2C4)c(C)o1. The summed E-state index contributed by atoms with van der Waals surface area (Å²) in [5, 5.41) is 0. The Kier molecular flexibility index (Phi) is 2.46. The van der Waals surface area contributed by atoms with Gasteiger partial charge in [0.25, 0.3) is 0 Å². The van der Waals surface area contributed by atoms with Gasteiger partial charge < -0.3 is 4.42 Å². The van der Waals surface area contributed by atoms with E-state index in [0.717, 1.165) is 28.9 Å². The van der Waals surface area contributed by atoms with Crippen molar-refractivity contribution in [1.82, 2.24) is 0 Å². The number of hydrogen-bond acceptors (Lipinski definition) is 2. The topological polar surface area (TPSA) is 30.2 Å². The number of hydrogen-bond donors (Lipinski definition) is 0. The molecule has 0 aliphatic heterocycles. The summed E-state index contributed by atoms with van der Waals surface area (Å²) in [6.45, 7) is 3.86. The Morgan fingerprint density at radius 1 is 1.05 bits per heavy atom. The highest BCUT2D eigenvalue weighted by atomic mass is 16.3. The lowest BCUT2D eigenvalue weighted by molar-refractivity contribution is -0.0251. The molecule has 0 N–H and O–H groups in total. The number of carbonyl (C=O) groups is 1. The molecule has 1 heterocycles. The monoisotopic (exact) mass is 258 g/mol. The Bertz CT molecular complexity index is 497. The molecule has 0 unspecified atom stereocenters. The molecule has 5 rings (SSSR count). The smallest absolute Gasteiger partial charge is 0.170 e. The van der Waals surface area contributed by atoms with Crippen molar-refractivity contribution in [3.63, 3.8) is 0 Å². The van der Waals surface area contributed by atoms with Crippen LogP contribution in [-0.2, 0) is 0 Å². The molecule has 0 saturated heterocycles. The number of ketones is 1. The maximum atomic E-state index is 12.9. The molecule has 1 aromatic heterocycles. The molecule has 2 heteroatoms. The number of rotatable bonds is 2. The Hall–Kier alpha value is -1.05. The Morgan fingerprint density at radius 2 is 1.63 bits per heavy atom. The van der Waals surface area contributed by atoms with Gasteiger partial charge in [0, 0.05) is 5.92 Å². The van der Waals surface area contributed by atoms with Crippen LogP contribution in [0.2, 0.25) is 0 Å². The van der Waals surface area contributed by atoms with Crippen LogP contribution >= 0.6 is 0 Å². The first-order valence-electron chi connectivity index (χ1n) is 7.73. The predicted octanol–water partition coefficient (Wildman–Crippen LogP) is 4.15. The molecule has 19 heavy (non-hydrogen) atoms. The summed E-state index contributed by atoms with van der Waals surface area (Å²) in [4.78, 5) is 12.9. The Morgan fingerprint density at radius 3 is 2.11 bits per heavy atom. The molecule has 4 saturated carbocycles. The van der Waals surface area contributed by atoms with Gasteiger partial charge in [0.1, 0.15) is 11.5 Å². The first-order chi connectivity index (χ1) is 9.11. The van der Waals surface area contributed by atoms with Gasteiger partial charge in [0.05, 0.1) is 5.56 Å². The average Bonchev–Trinajstić information content (AvgIpc) is 2.66. The van der Waals surface area contributed by atoms with Crippen LogP contribution in [-0.4, -0.2) is 5.78 Å². The zero-order valence-corrected chi connectivity index (χ0v) is 11.8. The third-order valence-corrected chi connectivity index (χ3v) is 5.84. The van der Waals surface area contributed by atoms with Gasteiger partial charge in [-0.2, -0.15) is 0 Å². The van der Waals surface area contributed by atoms with Crippen LogP contribution in [0.15, 0.2) is 10.5 Å². The Balaban J connectivity index is 1.65. The lowest BCUT2D eigenvalue weighted by Crippen LogP contribution is -2.48. The number of Topliss-reactive ketones (excluding diaryl/α,β-unsaturated/α-hetero) is 1. The number of aryl methyl sites for hydroxylation is 2. The third-order valence-electron chi connectivity index (χ3n) is 5.84. The minimum absolute atomic E-state index is 0.295. The number of furan rings is 1. The first kappa shape index (κ1) is 11.7. The van der Waals surface area contributed by atoms with Gasteiger partial charge in [0.15, 0.2) is 5.78 Å². The summed E-state index contributed by atoms with van der Waals surface area (Å²) in [5.41, 5.74) is 0.856. The zero-order valence-electron chi connectivity index (χ0n) is 11.8. The molecule has 2 nitrogen and oxygen atoms in total. The number of carbonyl (C=O) groups excluding carboxylic acids is 1. The normalized spacial score (nSPS) is 39.8. The van der Waals surface area contributed by atoms with Crippen molar-refractivity contribution in [3.05, 3.63) is 23.2 Å². The molecular weight excluding hydrogens is 236 g/mol. The van der Waals surface area contributed by atoms with E-state index in [9.17, 15) is 4.79 Å². The van der Waals surface area contributed by atoms with Crippen LogP contribution in [0.5, 0.6) is 0 Å². The lowest BCUT2D eigenvalue weighted by Gasteiger charge is -2.53. The molecule has 4 aliphatic rings. The maximum Gasteiger partial charge on any atom is 0.170 e. The maximum absolute atomic E-state index is 12.9. The van der Waals surface area contributed by atoms with Gasteiger partial charge >= 0.3 is 0 Å². The van der Waals surface area contributed by atoms with Crippen LogP contribution in [0.1, 0.15) is 54.0 Å². The highest BCUT2D eigenvalue weighted by Gasteiger charge is 2.51. The summed E-state index contributed by atoms with van der Waals surface area (Å²) in [7, 11) is 0. The van der Waals surface area contributed by atoms with Crippen LogP contribution in [0.4, 0.5) is 0 Å². The quantitative estimate of drug-likeness (QED) is 0.746. The lowest BCUT2D eigenvalue weighted by atomic mass is 9.51. The van der Waals surface area contributed by atoms with Gasteiger partial charge in [-0.1, -0.05) is 0 Å². The molecule has 0 spiro atoms. The Labute approximate surface area is 114 Å². The zero-order chi connectivity index (χ0) is 13.1. The molecular formula is C17H22O2. The van der Waals surface area contributed by atoms with E-state index in [2.05, 4.69) is 0 Å². The van der Waals surface area contributed by atoms with E-state index >= 15 is 0 Å². The van der Waals surface area contributed by atoms with Crippen LogP contribution in [0.25, 0.3) is 0 Å². The van der Waals surface area contributed by atoms with E-state index in [-0.39, 0.29) is 0 Å². The van der Waals surface area contributed by atoms with Crippen molar-refractivity contribution in [2.45, 2.75) is 46.0 Å². The molecule has 0 radical (unpaired) electrons. The van der Waals surface area contributed by atoms with E-state index in [1.54, 1.807) is 0 Å². The molecule has 1 aromatic rings. The second-order valence-corrected chi connectivity index (χ2v) is 7.15. The molecule has 0 amide bonds. The van der Waals surface area contributed by atoms with Crippen molar-refractivity contribution >= 4 is 5.78 Å². The van der Waals surface area contributed by atoms with Crippen molar-refractivity contribution in [2.75, 3.05) is 0 Å². The molecule has 0 atom stereocenters. The molecule has 4 fully saturated rings. The van der Waals surface area contributed by atoms with Gasteiger partial charge in [-0.05, 0) is 75.7 Å². The largest absolute Gasteiger partial charge is 0.466 e. The van der Waals surface area contributed by atoms with E-state index in [4.69, 9.17) is 4.42 Å². The summed E-state index contributed by atoms with van der Waals surface area (Å²) in [6, 6.07) is 1.95. The minimum Gasteiger partial charge on any atom is -0.466 e. The van der Waals surface area contributed by atoms with Gasteiger partial charge in [-0.25, -0.2) is 0 Å². The fourth-order valence-corrected chi connectivity index (χ4v) is 5.41. The second-order valence-electron chi connectivity index (χ2n) is 7.15. The highest BCUT2D eigenvalue weighted by Crippen LogP contribution is 2.57. The molecule has 4 aliphatic carbocycles. The summed E-state index contributed by atoms with van der Waals surface area (Å²) in [6.07, 6.45) is 6.66. The standard InChI is InChI=1S/C17H22O2/c1-9-3-15(10(2)19-9)17(18)16-13-5-11-4-12(7-13)8-14(16)6-11/h3,11-14,16H,4-8H2,1-2H3. The van der Waals surface area contributed by atoms with Gasteiger partial charge in [-0.15, -0.1) is 0 Å². The fraction of sp³-hybridized carbons (Fsp3) is 0.706. The molecule has 4 bridgehead atoms. The van der Waals surface area contributed by atoms with Gasteiger partial charge in [-0.3, -0.25) is 4.79 Å². The van der Waals surface area contributed by atoms with E-state index in [1.165, 1.54) is 32.1 Å². The highest BCUT2D eigenvalue weighted by molar-refractivity contribution is 5.99. The van der Waals surface area contributed by atoms with Crippen molar-refractivity contribution in [1.29, 1.82) is 0 Å². The van der Waals surface area contributed by atoms with Crippen molar-refractivity contribution < 1.29 is 9.21 Å². The van der Waals surface area contributed by atoms with E-state index in [1.807, 2.05) is 19.9 Å². The van der Waals surface area contributed by atoms with Crippen LogP contribution in [0, 0.1) is 43.4 Å². The average molecular weight is 258 g/mol. The summed E-state index contributed by atoms with van der Waals surface area (Å²) >= 11 is 0. The van der Waals surface area contributed by atoms with Crippen LogP contribution < -0.4 is 0 Å². The summed E-state index contributed by atoms with van der Waals surface area (Å²) in [5.74, 6) is 5.54. The van der Waals surface area contributed by atoms with Crippen LogP contribution in [0.3, 0.4) is 0 Å². The van der Waals surface area contributed by atoms with Gasteiger partial charge in [0.2, 0.25) is 0 Å².